The summed E-state index contributed by atoms with van der Waals surface area (Å²) in [5.74, 6) is 0.887. The van der Waals surface area contributed by atoms with Crippen molar-refractivity contribution in [1.29, 1.82) is 0 Å². The van der Waals surface area contributed by atoms with Crippen LogP contribution in [0.2, 0.25) is 0 Å². The third-order valence-corrected chi connectivity index (χ3v) is 6.92. The Labute approximate surface area is 178 Å². The molecule has 4 rings (SSSR count). The van der Waals surface area contributed by atoms with E-state index in [1.807, 2.05) is 35.5 Å². The van der Waals surface area contributed by atoms with Gasteiger partial charge in [-0.2, -0.15) is 0 Å². The molecule has 3 aromatic rings. The third-order valence-electron chi connectivity index (χ3n) is 4.77. The van der Waals surface area contributed by atoms with Crippen LogP contribution in [0.5, 0.6) is 0 Å². The lowest BCUT2D eigenvalue weighted by Gasteiger charge is -2.33. The van der Waals surface area contributed by atoms with Gasteiger partial charge in [0.15, 0.2) is 5.13 Å². The monoisotopic (exact) mass is 425 g/mol. The molecule has 1 saturated heterocycles. The normalized spacial score (nSPS) is 16.6. The van der Waals surface area contributed by atoms with Crippen molar-refractivity contribution in [3.05, 3.63) is 66.1 Å². The number of hydrogen-bond donors (Lipinski definition) is 2. The number of nitrogens with zero attached hydrogens (tertiary/aromatic N) is 3. The van der Waals surface area contributed by atoms with Crippen molar-refractivity contribution in [3.63, 3.8) is 0 Å². The molecule has 0 spiro atoms. The number of nitrogens with two attached hydrogens (primary N) is 1. The van der Waals surface area contributed by atoms with E-state index in [9.17, 15) is 4.79 Å². The SMILES string of the molecule is Nc1ccc(C(=O)N2CCCC(Nc3ncc(SCc4ccccn4)s3)C2)cc1. The number of hydrogen-bond acceptors (Lipinski definition) is 7. The summed E-state index contributed by atoms with van der Waals surface area (Å²) in [5, 5.41) is 4.41. The van der Waals surface area contributed by atoms with Crippen molar-refractivity contribution >= 4 is 39.8 Å². The van der Waals surface area contributed by atoms with E-state index in [0.717, 1.165) is 40.2 Å². The number of amides is 1. The van der Waals surface area contributed by atoms with Crippen LogP contribution in [-0.2, 0) is 5.75 Å². The maximum absolute atomic E-state index is 12.8. The number of likely N-dealkylation sites (tertiary alicyclic amines) is 1. The topological polar surface area (TPSA) is 84.1 Å². The second-order valence-electron chi connectivity index (χ2n) is 6.95. The molecule has 0 aliphatic carbocycles. The highest BCUT2D eigenvalue weighted by atomic mass is 32.2. The summed E-state index contributed by atoms with van der Waals surface area (Å²) in [6, 6.07) is 13.3. The summed E-state index contributed by atoms with van der Waals surface area (Å²) >= 11 is 3.39. The molecule has 1 aliphatic heterocycles. The minimum atomic E-state index is 0.0576. The van der Waals surface area contributed by atoms with Gasteiger partial charge in [0.25, 0.3) is 5.91 Å². The van der Waals surface area contributed by atoms with E-state index in [1.165, 1.54) is 0 Å². The fourth-order valence-corrected chi connectivity index (χ4v) is 5.15. The van der Waals surface area contributed by atoms with Gasteiger partial charge >= 0.3 is 0 Å². The van der Waals surface area contributed by atoms with Gasteiger partial charge in [-0.15, -0.1) is 11.8 Å². The first-order valence-corrected chi connectivity index (χ1v) is 11.4. The van der Waals surface area contributed by atoms with Gasteiger partial charge in [0.2, 0.25) is 0 Å². The first-order chi connectivity index (χ1) is 14.2. The number of pyridine rings is 1. The van der Waals surface area contributed by atoms with Gasteiger partial charge in [0.05, 0.1) is 16.1 Å². The number of rotatable bonds is 6. The van der Waals surface area contributed by atoms with Crippen LogP contribution in [0.3, 0.4) is 0 Å². The molecule has 3 heterocycles. The van der Waals surface area contributed by atoms with Gasteiger partial charge in [-0.05, 0) is 49.2 Å². The number of carbonyl (C=O) groups excluding carboxylic acids is 1. The average Bonchev–Trinajstić information content (AvgIpc) is 3.20. The number of piperidine rings is 1. The lowest BCUT2D eigenvalue weighted by Crippen LogP contribution is -2.45. The molecule has 1 aromatic carbocycles. The van der Waals surface area contributed by atoms with E-state index < -0.39 is 0 Å². The van der Waals surface area contributed by atoms with Crippen LogP contribution in [0.1, 0.15) is 28.9 Å². The number of aromatic nitrogens is 2. The summed E-state index contributed by atoms with van der Waals surface area (Å²) in [6.07, 6.45) is 5.73. The molecule has 1 unspecified atom stereocenters. The van der Waals surface area contributed by atoms with Crippen LogP contribution in [0.4, 0.5) is 10.8 Å². The van der Waals surface area contributed by atoms with Gasteiger partial charge in [-0.3, -0.25) is 9.78 Å². The Balaban J connectivity index is 1.32. The molecular weight excluding hydrogens is 402 g/mol. The van der Waals surface area contributed by atoms with Crippen LogP contribution >= 0.6 is 23.1 Å². The van der Waals surface area contributed by atoms with Gasteiger partial charge in [0, 0.05) is 42.3 Å². The molecule has 29 heavy (non-hydrogen) atoms. The first-order valence-electron chi connectivity index (χ1n) is 9.57. The molecule has 1 fully saturated rings. The predicted molar refractivity (Wildman–Crippen MR) is 119 cm³/mol. The zero-order valence-corrected chi connectivity index (χ0v) is 17.6. The molecule has 0 saturated carbocycles. The van der Waals surface area contributed by atoms with Crippen LogP contribution in [0.15, 0.2) is 59.1 Å². The molecule has 8 heteroatoms. The van der Waals surface area contributed by atoms with E-state index in [-0.39, 0.29) is 11.9 Å². The van der Waals surface area contributed by atoms with Crippen LogP contribution in [-0.4, -0.2) is 39.9 Å². The standard InChI is InChI=1S/C21H23N5OS2/c22-16-8-6-15(7-9-16)20(27)26-11-3-5-17(13-26)25-21-24-12-19(29-21)28-14-18-4-1-2-10-23-18/h1-2,4,6-10,12,17H,3,5,11,13-14,22H2,(H,24,25). The number of benzene rings is 1. The fraction of sp³-hybridized carbons (Fsp3) is 0.286. The van der Waals surface area contributed by atoms with Crippen molar-refractivity contribution < 1.29 is 4.79 Å². The summed E-state index contributed by atoms with van der Waals surface area (Å²) in [7, 11) is 0. The van der Waals surface area contributed by atoms with Crippen molar-refractivity contribution in [3.8, 4) is 0 Å². The number of nitrogen functional groups attached to an aromatic ring is 1. The highest BCUT2D eigenvalue weighted by Crippen LogP contribution is 2.31. The molecule has 3 N–H and O–H groups in total. The highest BCUT2D eigenvalue weighted by Gasteiger charge is 2.25. The first kappa shape index (κ1) is 19.7. The summed E-state index contributed by atoms with van der Waals surface area (Å²) in [5.41, 5.74) is 8.13. The minimum Gasteiger partial charge on any atom is -0.399 e. The Bertz CT molecular complexity index is 945. The highest BCUT2D eigenvalue weighted by molar-refractivity contribution is 8.00. The summed E-state index contributed by atoms with van der Waals surface area (Å²) in [4.78, 5) is 23.5. The van der Waals surface area contributed by atoms with E-state index in [4.69, 9.17) is 5.73 Å². The molecular formula is C21H23N5OS2. The molecule has 0 bridgehead atoms. The van der Waals surface area contributed by atoms with Crippen molar-refractivity contribution in [2.24, 2.45) is 0 Å². The van der Waals surface area contributed by atoms with E-state index in [1.54, 1.807) is 47.4 Å². The largest absolute Gasteiger partial charge is 0.399 e. The van der Waals surface area contributed by atoms with Gasteiger partial charge in [-0.25, -0.2) is 4.98 Å². The van der Waals surface area contributed by atoms with Gasteiger partial charge in [-0.1, -0.05) is 17.4 Å². The fourth-order valence-electron chi connectivity index (χ4n) is 3.28. The van der Waals surface area contributed by atoms with E-state index in [2.05, 4.69) is 15.3 Å². The summed E-state index contributed by atoms with van der Waals surface area (Å²) < 4.78 is 1.16. The van der Waals surface area contributed by atoms with E-state index in [0.29, 0.717) is 17.8 Å². The average molecular weight is 426 g/mol. The molecule has 150 valence electrons. The number of anilines is 2. The Kier molecular flexibility index (Phi) is 6.31. The molecule has 1 atom stereocenters. The van der Waals surface area contributed by atoms with Crippen molar-refractivity contribution in [1.82, 2.24) is 14.9 Å². The van der Waals surface area contributed by atoms with Crippen molar-refractivity contribution in [2.75, 3.05) is 24.1 Å². The molecule has 2 aromatic heterocycles. The Morgan fingerprint density at radius 1 is 1.24 bits per heavy atom. The Morgan fingerprint density at radius 2 is 2.10 bits per heavy atom. The molecule has 0 radical (unpaired) electrons. The number of carbonyl (C=O) groups is 1. The third kappa shape index (κ3) is 5.27. The summed E-state index contributed by atoms with van der Waals surface area (Å²) in [6.45, 7) is 1.46. The number of nitrogens with one attached hydrogen (secondary N) is 1. The van der Waals surface area contributed by atoms with Crippen LogP contribution < -0.4 is 11.1 Å². The predicted octanol–water partition coefficient (Wildman–Crippen LogP) is 4.13. The van der Waals surface area contributed by atoms with Gasteiger partial charge in [0.1, 0.15) is 0 Å². The van der Waals surface area contributed by atoms with Crippen LogP contribution in [0, 0.1) is 0 Å². The zero-order chi connectivity index (χ0) is 20.1. The Morgan fingerprint density at radius 3 is 2.90 bits per heavy atom. The van der Waals surface area contributed by atoms with Gasteiger partial charge < -0.3 is 16.0 Å². The second-order valence-corrected chi connectivity index (χ2v) is 9.26. The lowest BCUT2D eigenvalue weighted by molar-refractivity contribution is 0.0715. The van der Waals surface area contributed by atoms with E-state index >= 15 is 0 Å². The molecule has 1 amide bonds. The number of thiazole rings is 1. The number of thioether (sulfide) groups is 1. The second kappa shape index (κ2) is 9.28. The zero-order valence-electron chi connectivity index (χ0n) is 16.0. The Hall–Kier alpha value is -2.58. The maximum atomic E-state index is 12.8. The maximum Gasteiger partial charge on any atom is 0.253 e. The molecule has 1 aliphatic rings. The quantitative estimate of drug-likeness (QED) is 0.456. The minimum absolute atomic E-state index is 0.0576. The van der Waals surface area contributed by atoms with Crippen molar-refractivity contribution in [2.45, 2.75) is 28.8 Å². The smallest absolute Gasteiger partial charge is 0.253 e. The lowest BCUT2D eigenvalue weighted by atomic mass is 10.0. The van der Waals surface area contributed by atoms with Crippen LogP contribution in [0.25, 0.3) is 0 Å². The molecule has 6 nitrogen and oxygen atoms in total.